The molecule has 1 N–H and O–H groups in total. The van der Waals surface area contributed by atoms with Crippen LogP contribution >= 0.6 is 23.4 Å². The summed E-state index contributed by atoms with van der Waals surface area (Å²) in [7, 11) is 0. The fourth-order valence-electron chi connectivity index (χ4n) is 2.91. The van der Waals surface area contributed by atoms with Crippen LogP contribution in [0, 0.1) is 0 Å². The molecule has 0 fully saturated rings. The minimum atomic E-state index is 0.169. The lowest BCUT2D eigenvalue weighted by molar-refractivity contribution is 0.102. The molecule has 4 nitrogen and oxygen atoms in total. The number of aromatic nitrogens is 2. The van der Waals surface area contributed by atoms with Crippen molar-refractivity contribution in [2.75, 3.05) is 31.1 Å². The summed E-state index contributed by atoms with van der Waals surface area (Å²) in [5.41, 5.74) is 2.47. The van der Waals surface area contributed by atoms with Crippen LogP contribution in [0.15, 0.2) is 30.3 Å². The number of hydrogen-bond donors (Lipinski definition) is 1. The van der Waals surface area contributed by atoms with Gasteiger partial charge < -0.3 is 9.88 Å². The Balaban J connectivity index is 1.70. The Morgan fingerprint density at radius 3 is 2.76 bits per heavy atom. The number of thioether (sulfide) groups is 1. The maximum atomic E-state index is 12.5. The molecule has 6 heteroatoms. The number of H-pyrrole nitrogens is 1. The summed E-state index contributed by atoms with van der Waals surface area (Å²) in [5, 5.41) is 2.46. The molecule has 0 aliphatic heterocycles. The van der Waals surface area contributed by atoms with E-state index in [0.29, 0.717) is 10.9 Å². The first-order chi connectivity index (χ1) is 12.1. The van der Waals surface area contributed by atoms with Gasteiger partial charge in [0.2, 0.25) is 0 Å². The van der Waals surface area contributed by atoms with Gasteiger partial charge in [-0.15, -0.1) is 0 Å². The lowest BCUT2D eigenvalue weighted by Gasteiger charge is -2.17. The monoisotopic (exact) mass is 375 g/mol. The predicted octanol–water partition coefficient (Wildman–Crippen LogP) is 4.63. The average molecular weight is 376 g/mol. The van der Waals surface area contributed by atoms with E-state index in [1.165, 1.54) is 0 Å². The summed E-state index contributed by atoms with van der Waals surface area (Å²) in [6.45, 7) is 7.47. The second kappa shape index (κ2) is 8.21. The third-order valence-electron chi connectivity index (χ3n) is 4.43. The summed E-state index contributed by atoms with van der Waals surface area (Å²) in [6, 6.07) is 9.49. The number of Topliss-reactive ketones (excluding diaryl/α,β-unsaturated/α-hetero) is 1. The van der Waals surface area contributed by atoms with Gasteiger partial charge in [-0.1, -0.05) is 25.4 Å². The summed E-state index contributed by atoms with van der Waals surface area (Å²) < 4.78 is 0. The van der Waals surface area contributed by atoms with Crippen LogP contribution in [0.25, 0.3) is 21.9 Å². The maximum absolute atomic E-state index is 12.5. The van der Waals surface area contributed by atoms with E-state index >= 15 is 0 Å². The minimum Gasteiger partial charge on any atom is -0.339 e. The number of aromatic amines is 1. The maximum Gasteiger partial charge on any atom is 0.172 e. The molecule has 0 saturated heterocycles. The molecule has 0 spiro atoms. The molecule has 1 aromatic carbocycles. The van der Waals surface area contributed by atoms with Gasteiger partial charge in [-0.05, 0) is 43.4 Å². The zero-order valence-electron chi connectivity index (χ0n) is 14.5. The number of benzene rings is 1. The summed E-state index contributed by atoms with van der Waals surface area (Å²) in [5.74, 6) is 1.66. The number of pyridine rings is 1. The van der Waals surface area contributed by atoms with Crippen LogP contribution in [0.4, 0.5) is 0 Å². The zero-order chi connectivity index (χ0) is 17.8. The van der Waals surface area contributed by atoms with E-state index < -0.39 is 0 Å². The van der Waals surface area contributed by atoms with E-state index in [4.69, 9.17) is 11.6 Å². The number of nitrogens with zero attached hydrogens (tertiary/aromatic N) is 2. The molecular weight excluding hydrogens is 354 g/mol. The molecule has 25 heavy (non-hydrogen) atoms. The Morgan fingerprint density at radius 2 is 2.00 bits per heavy atom. The first kappa shape index (κ1) is 18.2. The molecule has 3 aromatic rings. The van der Waals surface area contributed by atoms with Crippen LogP contribution in [0.3, 0.4) is 0 Å². The van der Waals surface area contributed by atoms with Crippen molar-refractivity contribution < 1.29 is 4.79 Å². The fourth-order valence-corrected chi connectivity index (χ4v) is 3.94. The lowest BCUT2D eigenvalue weighted by Crippen LogP contribution is -2.25. The SMILES string of the molecule is CCN(CC)CCSCC(=O)c1ccc2[nH]c3nc(Cl)ccc3c2c1. The van der Waals surface area contributed by atoms with Crippen LogP contribution in [-0.2, 0) is 0 Å². The Morgan fingerprint density at radius 1 is 1.20 bits per heavy atom. The van der Waals surface area contributed by atoms with Crippen LogP contribution < -0.4 is 0 Å². The molecule has 0 aliphatic rings. The van der Waals surface area contributed by atoms with Crippen molar-refractivity contribution in [2.24, 2.45) is 0 Å². The van der Waals surface area contributed by atoms with Crippen molar-refractivity contribution in [2.45, 2.75) is 13.8 Å². The third-order valence-corrected chi connectivity index (χ3v) is 5.57. The predicted molar refractivity (Wildman–Crippen MR) is 108 cm³/mol. The highest BCUT2D eigenvalue weighted by Gasteiger charge is 2.11. The number of rotatable bonds is 8. The van der Waals surface area contributed by atoms with Crippen LogP contribution in [0.1, 0.15) is 24.2 Å². The smallest absolute Gasteiger partial charge is 0.172 e. The van der Waals surface area contributed by atoms with Crippen molar-refractivity contribution in [1.82, 2.24) is 14.9 Å². The first-order valence-corrected chi connectivity index (χ1v) is 10.1. The van der Waals surface area contributed by atoms with Crippen molar-refractivity contribution in [3.63, 3.8) is 0 Å². The largest absolute Gasteiger partial charge is 0.339 e. The van der Waals surface area contributed by atoms with Crippen LogP contribution in [0.5, 0.6) is 0 Å². The summed E-state index contributed by atoms with van der Waals surface area (Å²) in [4.78, 5) is 22.4. The van der Waals surface area contributed by atoms with E-state index in [1.807, 2.05) is 24.3 Å². The molecule has 0 unspecified atom stereocenters. The highest BCUT2D eigenvalue weighted by atomic mass is 35.5. The lowest BCUT2D eigenvalue weighted by atomic mass is 10.1. The van der Waals surface area contributed by atoms with Gasteiger partial charge in [0.05, 0.1) is 5.75 Å². The van der Waals surface area contributed by atoms with Gasteiger partial charge in [0.15, 0.2) is 5.78 Å². The van der Waals surface area contributed by atoms with Crippen molar-refractivity contribution in [3.05, 3.63) is 41.0 Å². The van der Waals surface area contributed by atoms with Crippen LogP contribution in [0.2, 0.25) is 5.15 Å². The number of fused-ring (bicyclic) bond motifs is 3. The summed E-state index contributed by atoms with van der Waals surface area (Å²) >= 11 is 7.65. The number of nitrogens with one attached hydrogen (secondary N) is 1. The van der Waals surface area contributed by atoms with E-state index in [0.717, 1.165) is 52.9 Å². The molecule has 0 atom stereocenters. The molecule has 0 radical (unpaired) electrons. The fraction of sp³-hybridized carbons (Fsp3) is 0.368. The van der Waals surface area contributed by atoms with E-state index in [2.05, 4.69) is 28.7 Å². The number of carbonyl (C=O) groups is 1. The number of halogens is 1. The highest BCUT2D eigenvalue weighted by molar-refractivity contribution is 8.00. The molecule has 0 amide bonds. The molecule has 3 rings (SSSR count). The van der Waals surface area contributed by atoms with E-state index in [-0.39, 0.29) is 5.78 Å². The molecule has 0 saturated carbocycles. The topological polar surface area (TPSA) is 49.0 Å². The third kappa shape index (κ3) is 4.17. The highest BCUT2D eigenvalue weighted by Crippen LogP contribution is 2.26. The van der Waals surface area contributed by atoms with Gasteiger partial charge in [-0.2, -0.15) is 11.8 Å². The number of hydrogen-bond acceptors (Lipinski definition) is 4. The van der Waals surface area contributed by atoms with Crippen molar-refractivity contribution >= 4 is 51.1 Å². The Kier molecular flexibility index (Phi) is 5.99. The second-order valence-corrected chi connectivity index (χ2v) is 7.41. The Hall–Kier alpha value is -1.56. The van der Waals surface area contributed by atoms with Gasteiger partial charge in [0, 0.05) is 34.2 Å². The molecule has 0 bridgehead atoms. The minimum absolute atomic E-state index is 0.169. The van der Waals surface area contributed by atoms with Crippen molar-refractivity contribution in [1.29, 1.82) is 0 Å². The number of ketones is 1. The van der Waals surface area contributed by atoms with Crippen molar-refractivity contribution in [3.8, 4) is 0 Å². The van der Waals surface area contributed by atoms with Gasteiger partial charge in [-0.25, -0.2) is 4.98 Å². The first-order valence-electron chi connectivity index (χ1n) is 8.53. The molecule has 2 aromatic heterocycles. The molecule has 0 aliphatic carbocycles. The molecule has 132 valence electrons. The van der Waals surface area contributed by atoms with E-state index in [9.17, 15) is 4.79 Å². The molecule has 2 heterocycles. The van der Waals surface area contributed by atoms with Gasteiger partial charge in [-0.3, -0.25) is 4.79 Å². The van der Waals surface area contributed by atoms with Crippen LogP contribution in [-0.4, -0.2) is 51.8 Å². The zero-order valence-corrected chi connectivity index (χ0v) is 16.1. The quantitative estimate of drug-likeness (QED) is 0.354. The Labute approximate surface area is 156 Å². The average Bonchev–Trinajstić information content (AvgIpc) is 2.98. The van der Waals surface area contributed by atoms with E-state index in [1.54, 1.807) is 17.8 Å². The second-order valence-electron chi connectivity index (χ2n) is 5.92. The Bertz CT molecular complexity index is 889. The van der Waals surface area contributed by atoms with Gasteiger partial charge >= 0.3 is 0 Å². The summed E-state index contributed by atoms with van der Waals surface area (Å²) in [6.07, 6.45) is 0. The van der Waals surface area contributed by atoms with Gasteiger partial charge in [0.25, 0.3) is 0 Å². The van der Waals surface area contributed by atoms with Gasteiger partial charge in [0.1, 0.15) is 10.8 Å². The normalized spacial score (nSPS) is 11.7. The number of carbonyl (C=O) groups excluding carboxylic acids is 1. The molecular formula is C19H22ClN3OS. The standard InChI is InChI=1S/C19H22ClN3OS/c1-3-23(4-2)9-10-25-12-17(24)13-5-7-16-15(11-13)14-6-8-18(20)22-19(14)21-16/h5-8,11H,3-4,9-10,12H2,1-2H3,(H,21,22).